The van der Waals surface area contributed by atoms with Crippen LogP contribution in [-0.4, -0.2) is 18.4 Å². The summed E-state index contributed by atoms with van der Waals surface area (Å²) in [6.07, 6.45) is 17.8. The van der Waals surface area contributed by atoms with Crippen molar-refractivity contribution in [3.05, 3.63) is 48.0 Å². The molecule has 5 aliphatic rings. The monoisotopic (exact) mass is 396 g/mol. The third-order valence-corrected chi connectivity index (χ3v) is 8.21. The van der Waals surface area contributed by atoms with E-state index in [0.717, 1.165) is 32.1 Å². The van der Waals surface area contributed by atoms with E-state index in [1.54, 1.807) is 6.08 Å². The number of rotatable bonds is 3. The molecule has 156 valence electrons. The lowest BCUT2D eigenvalue weighted by Gasteiger charge is -2.55. The fourth-order valence-electron chi connectivity index (χ4n) is 6.51. The molecule has 0 spiro atoms. The largest absolute Gasteiger partial charge is 0.472 e. The molecule has 29 heavy (non-hydrogen) atoms. The summed E-state index contributed by atoms with van der Waals surface area (Å²) in [5, 5.41) is 0. The van der Waals surface area contributed by atoms with Gasteiger partial charge in [-0.1, -0.05) is 38.0 Å². The Morgan fingerprint density at radius 2 is 2.07 bits per heavy atom. The minimum absolute atomic E-state index is 0.0464. The predicted octanol–water partition coefficient (Wildman–Crippen LogP) is 5.57. The number of carbonyl (C=O) groups excluding carboxylic acids is 1. The van der Waals surface area contributed by atoms with Crippen molar-refractivity contribution >= 4 is 5.97 Å². The van der Waals surface area contributed by atoms with Crippen molar-refractivity contribution < 1.29 is 19.0 Å². The van der Waals surface area contributed by atoms with Crippen molar-refractivity contribution in [2.45, 2.75) is 77.1 Å². The first kappa shape index (κ1) is 19.2. The van der Waals surface area contributed by atoms with Gasteiger partial charge in [-0.2, -0.15) is 0 Å². The number of hydrogen-bond donors (Lipinski definition) is 0. The van der Waals surface area contributed by atoms with Crippen LogP contribution in [-0.2, 0) is 19.0 Å². The molecule has 0 aromatic rings. The van der Waals surface area contributed by atoms with Gasteiger partial charge >= 0.3 is 5.97 Å². The van der Waals surface area contributed by atoms with Crippen molar-refractivity contribution in [1.82, 2.24) is 0 Å². The average molecular weight is 397 g/mol. The molecule has 4 heteroatoms. The molecular weight excluding hydrogens is 364 g/mol. The topological polar surface area (TPSA) is 44.8 Å². The first-order valence-electron chi connectivity index (χ1n) is 11.3. The number of ether oxygens (including phenoxy) is 3. The van der Waals surface area contributed by atoms with Crippen molar-refractivity contribution in [2.24, 2.45) is 23.2 Å². The molecule has 2 aliphatic heterocycles. The molecular formula is C25H32O4. The Morgan fingerprint density at radius 1 is 1.24 bits per heavy atom. The Kier molecular flexibility index (Phi) is 4.93. The molecule has 3 saturated carbocycles. The van der Waals surface area contributed by atoms with Gasteiger partial charge in [0.05, 0.1) is 24.2 Å². The highest BCUT2D eigenvalue weighted by molar-refractivity contribution is 5.94. The second kappa shape index (κ2) is 7.46. The Hall–Kier alpha value is -1.81. The van der Waals surface area contributed by atoms with Crippen molar-refractivity contribution in [3.63, 3.8) is 0 Å². The zero-order chi connectivity index (χ0) is 20.0. The fourth-order valence-corrected chi connectivity index (χ4v) is 6.51. The smallest absolute Gasteiger partial charge is 0.342 e. The zero-order valence-corrected chi connectivity index (χ0v) is 17.4. The molecule has 0 amide bonds. The van der Waals surface area contributed by atoms with E-state index < -0.39 is 0 Å². The van der Waals surface area contributed by atoms with Crippen LogP contribution in [0.1, 0.15) is 64.7 Å². The Labute approximate surface area is 173 Å². The van der Waals surface area contributed by atoms with Crippen LogP contribution in [0.15, 0.2) is 48.0 Å². The molecule has 0 bridgehead atoms. The summed E-state index contributed by atoms with van der Waals surface area (Å²) in [7, 11) is 0. The number of carbonyl (C=O) groups is 1. The average Bonchev–Trinajstić information content (AvgIpc) is 3.39. The Bertz CT molecular complexity index is 785. The summed E-state index contributed by atoms with van der Waals surface area (Å²) in [5.41, 5.74) is 3.48. The maximum atomic E-state index is 11.8. The molecule has 0 aromatic heterocycles. The summed E-state index contributed by atoms with van der Waals surface area (Å²) in [5.74, 6) is 1.15. The van der Waals surface area contributed by atoms with Crippen molar-refractivity contribution in [3.8, 4) is 0 Å². The minimum atomic E-state index is -0.244. The molecule has 4 nitrogen and oxygen atoms in total. The number of cyclic esters (lactones) is 1. The van der Waals surface area contributed by atoms with Gasteiger partial charge in [-0.15, -0.1) is 0 Å². The third-order valence-electron chi connectivity index (χ3n) is 8.21. The van der Waals surface area contributed by atoms with Gasteiger partial charge in [0.25, 0.3) is 0 Å². The molecule has 1 unspecified atom stereocenters. The fraction of sp³-hybridized carbons (Fsp3) is 0.640. The zero-order valence-electron chi connectivity index (χ0n) is 17.4. The molecule has 5 atom stereocenters. The summed E-state index contributed by atoms with van der Waals surface area (Å²) >= 11 is 0. The van der Waals surface area contributed by atoms with Crippen LogP contribution in [0.4, 0.5) is 0 Å². The van der Waals surface area contributed by atoms with Gasteiger partial charge in [-0.05, 0) is 73.8 Å². The van der Waals surface area contributed by atoms with E-state index in [0.29, 0.717) is 23.3 Å². The molecule has 0 radical (unpaired) electrons. The number of hydrogen-bond acceptors (Lipinski definition) is 4. The van der Waals surface area contributed by atoms with Gasteiger partial charge < -0.3 is 14.2 Å². The lowest BCUT2D eigenvalue weighted by molar-refractivity contribution is -0.192. The van der Waals surface area contributed by atoms with E-state index in [-0.39, 0.29) is 23.8 Å². The molecule has 0 aromatic carbocycles. The van der Waals surface area contributed by atoms with E-state index in [1.807, 2.05) is 6.08 Å². The SMILES string of the molecule is C=C1CCC2C3=CO[C@@H](C4CCCC4)O[C@@H]3CC[C@@]2(C)[C@@H]1C/C=C1\C=COC1=O. The lowest BCUT2D eigenvalue weighted by atomic mass is 9.52. The highest BCUT2D eigenvalue weighted by Gasteiger charge is 2.52. The van der Waals surface area contributed by atoms with Crippen LogP contribution < -0.4 is 0 Å². The maximum absolute atomic E-state index is 11.8. The molecule has 0 saturated heterocycles. The van der Waals surface area contributed by atoms with Gasteiger partial charge in [-0.3, -0.25) is 0 Å². The normalized spacial score (nSPS) is 41.0. The van der Waals surface area contributed by atoms with Crippen LogP contribution in [0.25, 0.3) is 0 Å². The molecule has 3 fully saturated rings. The first-order chi connectivity index (χ1) is 14.1. The van der Waals surface area contributed by atoms with Crippen molar-refractivity contribution in [1.29, 1.82) is 0 Å². The number of allylic oxidation sites excluding steroid dienone is 2. The van der Waals surface area contributed by atoms with Crippen LogP contribution >= 0.6 is 0 Å². The van der Waals surface area contributed by atoms with Gasteiger partial charge in [0.1, 0.15) is 0 Å². The highest BCUT2D eigenvalue weighted by atomic mass is 16.7. The second-order valence-electron chi connectivity index (χ2n) is 9.74. The molecule has 3 aliphatic carbocycles. The summed E-state index contributed by atoms with van der Waals surface area (Å²) < 4.78 is 17.6. The summed E-state index contributed by atoms with van der Waals surface area (Å²) in [6, 6.07) is 0. The molecule has 5 rings (SSSR count). The second-order valence-corrected chi connectivity index (χ2v) is 9.74. The van der Waals surface area contributed by atoms with Crippen LogP contribution in [0.2, 0.25) is 0 Å². The summed E-state index contributed by atoms with van der Waals surface area (Å²) in [6.45, 7) is 6.83. The van der Waals surface area contributed by atoms with Crippen LogP contribution in [0.3, 0.4) is 0 Å². The van der Waals surface area contributed by atoms with E-state index in [1.165, 1.54) is 43.1 Å². The Morgan fingerprint density at radius 3 is 2.83 bits per heavy atom. The first-order valence-corrected chi connectivity index (χ1v) is 11.3. The van der Waals surface area contributed by atoms with Crippen LogP contribution in [0, 0.1) is 23.2 Å². The van der Waals surface area contributed by atoms with Gasteiger partial charge in [0.15, 0.2) is 0 Å². The highest BCUT2D eigenvalue weighted by Crippen LogP contribution is 2.59. The number of esters is 1. The van der Waals surface area contributed by atoms with Gasteiger partial charge in [-0.25, -0.2) is 4.79 Å². The molecule has 0 N–H and O–H groups in total. The maximum Gasteiger partial charge on any atom is 0.342 e. The van der Waals surface area contributed by atoms with Crippen molar-refractivity contribution in [2.75, 3.05) is 0 Å². The van der Waals surface area contributed by atoms with Gasteiger partial charge in [0.2, 0.25) is 6.29 Å². The standard InChI is InChI=1S/C25H32O4/c1-16-7-9-21-19-15-28-24(18-5-3-4-6-18)29-22(19)11-13-25(21,2)20(16)10-8-17-12-14-27-23(17)26/h8,12,14-15,18,20-22,24H,1,3-7,9-11,13H2,2H3/b17-8+/t20-,21?,22-,24-,25+/m1/s1. The predicted molar refractivity (Wildman–Crippen MR) is 110 cm³/mol. The molecule has 2 heterocycles. The third kappa shape index (κ3) is 3.30. The summed E-state index contributed by atoms with van der Waals surface area (Å²) in [4.78, 5) is 11.8. The Balaban J connectivity index is 1.36. The van der Waals surface area contributed by atoms with E-state index >= 15 is 0 Å². The van der Waals surface area contributed by atoms with E-state index in [9.17, 15) is 4.79 Å². The lowest BCUT2D eigenvalue weighted by Crippen LogP contribution is -2.49. The van der Waals surface area contributed by atoms with Gasteiger partial charge in [0, 0.05) is 5.92 Å². The van der Waals surface area contributed by atoms with E-state index in [2.05, 4.69) is 19.8 Å². The van der Waals surface area contributed by atoms with E-state index in [4.69, 9.17) is 14.2 Å². The number of fused-ring (bicyclic) bond motifs is 3. The quantitative estimate of drug-likeness (QED) is 0.355. The minimum Gasteiger partial charge on any atom is -0.472 e. The van der Waals surface area contributed by atoms with Crippen LogP contribution in [0.5, 0.6) is 0 Å².